The fraction of sp³-hybridized carbons (Fsp3) is 0.387. The third kappa shape index (κ3) is 6.80. The van der Waals surface area contributed by atoms with Gasteiger partial charge in [-0.1, -0.05) is 60.5 Å². The molecule has 0 unspecified atom stereocenters. The number of aliphatic carboxylic acids is 1. The molecule has 1 amide bonds. The van der Waals surface area contributed by atoms with Gasteiger partial charge >= 0.3 is 5.97 Å². The van der Waals surface area contributed by atoms with E-state index < -0.39 is 34.4 Å². The van der Waals surface area contributed by atoms with E-state index >= 15 is 0 Å². The van der Waals surface area contributed by atoms with Gasteiger partial charge in [-0.3, -0.25) is 14.6 Å². The summed E-state index contributed by atoms with van der Waals surface area (Å²) in [6.07, 6.45) is 4.87. The quantitative estimate of drug-likeness (QED) is 0.262. The summed E-state index contributed by atoms with van der Waals surface area (Å²) in [5.41, 5.74) is 1.24. The van der Waals surface area contributed by atoms with Gasteiger partial charge in [-0.15, -0.1) is 0 Å². The highest BCUT2D eigenvalue weighted by atomic mass is 35.5. The number of benzene rings is 2. The Morgan fingerprint density at radius 3 is 2.43 bits per heavy atom. The predicted molar refractivity (Wildman–Crippen MR) is 162 cm³/mol. The largest absolute Gasteiger partial charge is 0.481 e. The summed E-state index contributed by atoms with van der Waals surface area (Å²) in [4.78, 5) is 32.6. The van der Waals surface area contributed by atoms with Crippen LogP contribution in [0.1, 0.15) is 61.3 Å². The molecular weight excluding hydrogens is 597 g/mol. The zero-order valence-corrected chi connectivity index (χ0v) is 25.5. The van der Waals surface area contributed by atoms with E-state index in [9.17, 15) is 23.1 Å². The second kappa shape index (κ2) is 12.7. The molecule has 1 aromatic heterocycles. The van der Waals surface area contributed by atoms with Crippen LogP contribution in [0.2, 0.25) is 10.0 Å². The topological polar surface area (TPSA) is 108 Å². The first-order chi connectivity index (χ1) is 20.1. The molecule has 0 bridgehead atoms. The molecule has 2 aromatic carbocycles. The fourth-order valence-corrected chi connectivity index (χ4v) is 7.20. The van der Waals surface area contributed by atoms with Crippen LogP contribution in [0.3, 0.4) is 0 Å². The number of carboxylic acid groups (broad SMARTS) is 1. The summed E-state index contributed by atoms with van der Waals surface area (Å²) >= 11 is 12.7. The molecule has 1 saturated carbocycles. The zero-order valence-electron chi connectivity index (χ0n) is 23.1. The molecule has 5 rings (SSSR count). The van der Waals surface area contributed by atoms with Crippen LogP contribution in [-0.4, -0.2) is 52.2 Å². The van der Waals surface area contributed by atoms with E-state index in [2.05, 4.69) is 4.98 Å². The molecular formula is C31H33Cl2N3O5S. The Kier molecular flexibility index (Phi) is 9.23. The first-order valence-corrected chi connectivity index (χ1v) is 15.8. The number of aromatic nitrogens is 1. The molecule has 0 spiro atoms. The standard InChI is InChI=1S/C31H33Cl2N3O5S/c1-31(16-28(37)38)15-26(23-5-2-6-25(33)14-23)29(22-9-11-24(32)12-10-22)36(30(31)39)27(21-7-8-21)19-35(42(40)41)18-20-4-3-13-34-17-20/h2-6,9-14,17,21,26-27,29,42H,7-8,15-16,18-19H2,1H3,(H,37,38)/t26-,27-,29-,31-/m1/s1. The van der Waals surface area contributed by atoms with E-state index in [1.165, 1.54) is 4.31 Å². The highest BCUT2D eigenvalue weighted by Gasteiger charge is 2.54. The van der Waals surface area contributed by atoms with Gasteiger partial charge in [0, 0.05) is 47.5 Å². The Balaban J connectivity index is 1.64. The van der Waals surface area contributed by atoms with Crippen molar-refractivity contribution in [3.8, 4) is 0 Å². The molecule has 222 valence electrons. The smallest absolute Gasteiger partial charge is 0.304 e. The van der Waals surface area contributed by atoms with Gasteiger partial charge in [-0.2, -0.15) is 4.31 Å². The maximum Gasteiger partial charge on any atom is 0.304 e. The number of likely N-dealkylation sites (tertiary alicyclic amines) is 1. The van der Waals surface area contributed by atoms with Crippen LogP contribution in [0.25, 0.3) is 0 Å². The van der Waals surface area contributed by atoms with Crippen molar-refractivity contribution in [2.24, 2.45) is 11.3 Å². The molecule has 2 heterocycles. The molecule has 1 saturated heterocycles. The normalized spacial score (nSPS) is 23.4. The molecule has 2 aliphatic rings. The number of carbonyl (C=O) groups is 2. The summed E-state index contributed by atoms with van der Waals surface area (Å²) in [5, 5.41) is 11.0. The lowest BCUT2D eigenvalue weighted by Crippen LogP contribution is -2.58. The van der Waals surface area contributed by atoms with Crippen LogP contribution in [-0.2, 0) is 27.0 Å². The number of hydrogen-bond donors (Lipinski definition) is 2. The van der Waals surface area contributed by atoms with Crippen LogP contribution in [0, 0.1) is 11.3 Å². The van der Waals surface area contributed by atoms with Crippen molar-refractivity contribution in [2.75, 3.05) is 6.54 Å². The minimum atomic E-state index is -2.98. The Labute approximate surface area is 257 Å². The van der Waals surface area contributed by atoms with Crippen LogP contribution in [0.4, 0.5) is 0 Å². The molecule has 3 aromatic rings. The molecule has 0 radical (unpaired) electrons. The van der Waals surface area contributed by atoms with Gasteiger partial charge in [-0.25, -0.2) is 8.42 Å². The van der Waals surface area contributed by atoms with Crippen LogP contribution in [0.5, 0.6) is 0 Å². The van der Waals surface area contributed by atoms with E-state index in [1.807, 2.05) is 36.4 Å². The van der Waals surface area contributed by atoms with Gasteiger partial charge in [0.2, 0.25) is 16.8 Å². The summed E-state index contributed by atoms with van der Waals surface area (Å²) in [6.45, 7) is 1.91. The highest BCUT2D eigenvalue weighted by molar-refractivity contribution is 7.69. The van der Waals surface area contributed by atoms with Gasteiger partial charge in [0.25, 0.3) is 0 Å². The minimum Gasteiger partial charge on any atom is -0.481 e. The van der Waals surface area contributed by atoms with Gasteiger partial charge in [0.1, 0.15) is 0 Å². The number of amides is 1. The van der Waals surface area contributed by atoms with E-state index in [4.69, 9.17) is 23.2 Å². The third-order valence-corrected chi connectivity index (χ3v) is 9.63. The minimum absolute atomic E-state index is 0.0716. The Hall–Kier alpha value is -2.98. The first kappa shape index (κ1) is 30.5. The average Bonchev–Trinajstić information content (AvgIpc) is 3.79. The van der Waals surface area contributed by atoms with Crippen molar-refractivity contribution in [1.29, 1.82) is 0 Å². The Bertz CT molecular complexity index is 1510. The number of nitrogens with zero attached hydrogens (tertiary/aromatic N) is 3. The molecule has 2 fully saturated rings. The van der Waals surface area contributed by atoms with Crippen molar-refractivity contribution in [3.05, 3.63) is 99.8 Å². The number of carboxylic acids is 1. The highest BCUT2D eigenvalue weighted by Crippen LogP contribution is 2.54. The number of pyridine rings is 1. The second-order valence-corrected chi connectivity index (χ2v) is 13.5. The van der Waals surface area contributed by atoms with E-state index in [-0.39, 0.29) is 43.7 Å². The van der Waals surface area contributed by atoms with E-state index in [0.29, 0.717) is 10.0 Å². The van der Waals surface area contributed by atoms with Crippen molar-refractivity contribution < 1.29 is 23.1 Å². The SMILES string of the molecule is C[C@]1(CC(=O)O)C[C@H](c2cccc(Cl)c2)[C@@H](c2ccc(Cl)cc2)N([C@H](CN(Cc2cccnc2)[SH](=O)=O)C2CC2)C1=O. The Morgan fingerprint density at radius 2 is 1.83 bits per heavy atom. The number of halogens is 2. The second-order valence-electron chi connectivity index (χ2n) is 11.6. The van der Waals surface area contributed by atoms with Crippen molar-refractivity contribution in [2.45, 2.75) is 57.2 Å². The van der Waals surface area contributed by atoms with Crippen molar-refractivity contribution >= 4 is 46.0 Å². The molecule has 11 heteroatoms. The number of rotatable bonds is 11. The van der Waals surface area contributed by atoms with Gasteiger partial charge in [0.15, 0.2) is 0 Å². The maximum absolute atomic E-state index is 14.6. The lowest BCUT2D eigenvalue weighted by molar-refractivity contribution is -0.161. The maximum atomic E-state index is 14.6. The number of piperidine rings is 1. The van der Waals surface area contributed by atoms with Gasteiger partial charge < -0.3 is 10.0 Å². The monoisotopic (exact) mass is 629 g/mol. The summed E-state index contributed by atoms with van der Waals surface area (Å²) < 4.78 is 26.5. The number of thiol groups is 1. The third-order valence-electron chi connectivity index (χ3n) is 8.37. The molecule has 1 aliphatic heterocycles. The molecule has 8 nitrogen and oxygen atoms in total. The van der Waals surface area contributed by atoms with Gasteiger partial charge in [-0.05, 0) is 72.2 Å². The van der Waals surface area contributed by atoms with E-state index in [0.717, 1.165) is 29.5 Å². The van der Waals surface area contributed by atoms with Crippen LogP contribution < -0.4 is 0 Å². The van der Waals surface area contributed by atoms with Gasteiger partial charge in [0.05, 0.1) is 17.9 Å². The lowest BCUT2D eigenvalue weighted by atomic mass is 9.67. The molecule has 42 heavy (non-hydrogen) atoms. The number of hydrogen-bond acceptors (Lipinski definition) is 5. The molecule has 4 atom stereocenters. The van der Waals surface area contributed by atoms with Crippen molar-refractivity contribution in [3.63, 3.8) is 0 Å². The number of carbonyl (C=O) groups excluding carboxylic acids is 1. The molecule has 1 N–H and O–H groups in total. The van der Waals surface area contributed by atoms with Crippen molar-refractivity contribution in [1.82, 2.24) is 14.2 Å². The summed E-state index contributed by atoms with van der Waals surface area (Å²) in [5.74, 6) is -1.59. The average molecular weight is 631 g/mol. The first-order valence-electron chi connectivity index (χ1n) is 13.9. The molecule has 1 aliphatic carbocycles. The van der Waals surface area contributed by atoms with Crippen LogP contribution in [0.15, 0.2) is 73.1 Å². The van der Waals surface area contributed by atoms with Crippen LogP contribution >= 0.6 is 23.2 Å². The lowest BCUT2D eigenvalue weighted by Gasteiger charge is -2.52. The zero-order chi connectivity index (χ0) is 30.0. The van der Waals surface area contributed by atoms with E-state index in [1.54, 1.807) is 48.5 Å². The summed E-state index contributed by atoms with van der Waals surface area (Å²) in [6, 6.07) is 17.3. The predicted octanol–water partition coefficient (Wildman–Crippen LogP) is 5.73. The Morgan fingerprint density at radius 1 is 1.10 bits per heavy atom. The fourth-order valence-electron chi connectivity index (χ4n) is 6.30. The summed E-state index contributed by atoms with van der Waals surface area (Å²) in [7, 11) is -2.98.